The molecule has 0 radical (unpaired) electrons. The topological polar surface area (TPSA) is 72.0 Å². The van der Waals surface area contributed by atoms with Gasteiger partial charge in [0.15, 0.2) is 5.76 Å². The Balaban J connectivity index is 2.28. The van der Waals surface area contributed by atoms with E-state index in [0.717, 1.165) is 5.56 Å². The van der Waals surface area contributed by atoms with Crippen molar-refractivity contribution in [3.8, 4) is 0 Å². The average molecular weight is 190 g/mol. The van der Waals surface area contributed by atoms with Crippen molar-refractivity contribution in [2.45, 2.75) is 6.42 Å². The molecule has 3 N–H and O–H groups in total. The second-order valence-electron chi connectivity index (χ2n) is 3.03. The molecule has 0 aliphatic heterocycles. The highest BCUT2D eigenvalue weighted by Gasteiger charge is 2.08. The van der Waals surface area contributed by atoms with Crippen LogP contribution in [-0.4, -0.2) is 5.16 Å². The van der Waals surface area contributed by atoms with Crippen molar-refractivity contribution in [3.05, 3.63) is 52.0 Å². The maximum absolute atomic E-state index is 11.0. The monoisotopic (exact) mass is 190 g/mol. The number of aromatic amines is 1. The van der Waals surface area contributed by atoms with Gasteiger partial charge in [-0.05, 0) is 5.56 Å². The summed E-state index contributed by atoms with van der Waals surface area (Å²) in [7, 11) is 0. The molecule has 0 amide bonds. The lowest BCUT2D eigenvalue weighted by molar-refractivity contribution is 0.385. The first kappa shape index (κ1) is 8.62. The summed E-state index contributed by atoms with van der Waals surface area (Å²) in [6.07, 6.45) is 0.533. The van der Waals surface area contributed by atoms with Gasteiger partial charge in [-0.1, -0.05) is 30.3 Å². The number of nitrogens with two attached hydrogens (primary N) is 1. The highest BCUT2D eigenvalue weighted by Crippen LogP contribution is 2.11. The van der Waals surface area contributed by atoms with E-state index in [1.54, 1.807) is 0 Å². The molecule has 0 saturated carbocycles. The molecule has 4 nitrogen and oxygen atoms in total. The summed E-state index contributed by atoms with van der Waals surface area (Å²) in [6, 6.07) is 9.69. The molecule has 0 fully saturated rings. The van der Waals surface area contributed by atoms with Gasteiger partial charge in [-0.3, -0.25) is 4.79 Å². The minimum Gasteiger partial charge on any atom is -0.391 e. The van der Waals surface area contributed by atoms with Gasteiger partial charge in [-0.2, -0.15) is 5.16 Å². The lowest BCUT2D eigenvalue weighted by Gasteiger charge is -1.96. The van der Waals surface area contributed by atoms with E-state index in [1.807, 2.05) is 30.3 Å². The van der Waals surface area contributed by atoms with Gasteiger partial charge in [0, 0.05) is 6.42 Å². The van der Waals surface area contributed by atoms with Crippen molar-refractivity contribution in [1.29, 1.82) is 0 Å². The third-order valence-corrected chi connectivity index (χ3v) is 2.02. The van der Waals surface area contributed by atoms with Crippen LogP contribution >= 0.6 is 0 Å². The second-order valence-corrected chi connectivity index (χ2v) is 3.03. The zero-order chi connectivity index (χ0) is 9.97. The molecule has 1 aromatic heterocycles. The second kappa shape index (κ2) is 3.41. The van der Waals surface area contributed by atoms with E-state index in [-0.39, 0.29) is 11.2 Å². The van der Waals surface area contributed by atoms with E-state index < -0.39 is 0 Å². The first-order chi connectivity index (χ1) is 6.77. The van der Waals surface area contributed by atoms with Gasteiger partial charge in [-0.15, -0.1) is 0 Å². The summed E-state index contributed by atoms with van der Waals surface area (Å²) in [5.41, 5.74) is 6.37. The molecule has 1 heterocycles. The number of aromatic nitrogens is 1. The predicted molar refractivity (Wildman–Crippen MR) is 53.0 cm³/mol. The van der Waals surface area contributed by atoms with Crippen LogP contribution in [0.15, 0.2) is 39.6 Å². The first-order valence-corrected chi connectivity index (χ1v) is 4.27. The summed E-state index contributed by atoms with van der Waals surface area (Å²) in [5, 5.41) is 2.20. The molecule has 2 aromatic rings. The Morgan fingerprint density at radius 1 is 1.29 bits per heavy atom. The standard InChI is InChI=1S/C10H10N2O2/c11-9-8(14-12-10(9)13)6-7-4-2-1-3-5-7/h1-5H,6,11H2,(H,12,13). The fourth-order valence-corrected chi connectivity index (χ4v) is 1.26. The molecule has 0 atom stereocenters. The maximum Gasteiger partial charge on any atom is 0.303 e. The van der Waals surface area contributed by atoms with Crippen LogP contribution in [0.5, 0.6) is 0 Å². The fourth-order valence-electron chi connectivity index (χ4n) is 1.26. The van der Waals surface area contributed by atoms with Gasteiger partial charge in [0.05, 0.1) is 0 Å². The molecule has 0 saturated heterocycles. The Hall–Kier alpha value is -1.97. The average Bonchev–Trinajstić information content (AvgIpc) is 2.52. The molecule has 1 aromatic carbocycles. The smallest absolute Gasteiger partial charge is 0.303 e. The lowest BCUT2D eigenvalue weighted by atomic mass is 10.1. The van der Waals surface area contributed by atoms with Crippen molar-refractivity contribution >= 4 is 5.69 Å². The van der Waals surface area contributed by atoms with Crippen molar-refractivity contribution < 1.29 is 4.52 Å². The molecule has 0 unspecified atom stereocenters. The number of nitrogens with one attached hydrogen (secondary N) is 1. The summed E-state index contributed by atoms with van der Waals surface area (Å²) in [5.74, 6) is 0.487. The summed E-state index contributed by atoms with van der Waals surface area (Å²) < 4.78 is 4.94. The Morgan fingerprint density at radius 2 is 2.00 bits per heavy atom. The highest BCUT2D eigenvalue weighted by atomic mass is 16.5. The van der Waals surface area contributed by atoms with E-state index in [2.05, 4.69) is 5.16 Å². The van der Waals surface area contributed by atoms with Crippen LogP contribution in [-0.2, 0) is 6.42 Å². The van der Waals surface area contributed by atoms with Crippen molar-refractivity contribution in [2.24, 2.45) is 0 Å². The summed E-state index contributed by atoms with van der Waals surface area (Å²) >= 11 is 0. The minimum absolute atomic E-state index is 0.161. The lowest BCUT2D eigenvalue weighted by Crippen LogP contribution is -2.05. The molecule has 14 heavy (non-hydrogen) atoms. The first-order valence-electron chi connectivity index (χ1n) is 4.27. The number of hydrogen-bond acceptors (Lipinski definition) is 3. The van der Waals surface area contributed by atoms with E-state index in [4.69, 9.17) is 10.3 Å². The third-order valence-electron chi connectivity index (χ3n) is 2.02. The van der Waals surface area contributed by atoms with Crippen molar-refractivity contribution in [3.63, 3.8) is 0 Å². The molecule has 2 rings (SSSR count). The van der Waals surface area contributed by atoms with Crippen molar-refractivity contribution in [2.75, 3.05) is 5.73 Å². The van der Waals surface area contributed by atoms with Crippen LogP contribution in [0.3, 0.4) is 0 Å². The van der Waals surface area contributed by atoms with Crippen LogP contribution in [0.1, 0.15) is 11.3 Å². The number of anilines is 1. The van der Waals surface area contributed by atoms with E-state index in [1.165, 1.54) is 0 Å². The molecule has 0 aliphatic carbocycles. The Bertz CT molecular complexity index is 470. The Labute approximate surface area is 80.3 Å². The maximum atomic E-state index is 11.0. The zero-order valence-electron chi connectivity index (χ0n) is 7.49. The van der Waals surface area contributed by atoms with Crippen LogP contribution < -0.4 is 11.3 Å². The molecule has 0 spiro atoms. The minimum atomic E-state index is -0.365. The van der Waals surface area contributed by atoms with Gasteiger partial charge >= 0.3 is 5.56 Å². The van der Waals surface area contributed by atoms with Gasteiger partial charge in [0.2, 0.25) is 0 Å². The number of benzene rings is 1. The SMILES string of the molecule is Nc1c(Cc2ccccc2)o[nH]c1=O. The van der Waals surface area contributed by atoms with Crippen LogP contribution in [0.4, 0.5) is 5.69 Å². The third kappa shape index (κ3) is 1.54. The molecule has 4 heteroatoms. The van der Waals surface area contributed by atoms with E-state index in [9.17, 15) is 4.79 Å². The number of H-pyrrole nitrogens is 1. The Kier molecular flexibility index (Phi) is 2.10. The molecular formula is C10H10N2O2. The molecule has 72 valence electrons. The van der Waals surface area contributed by atoms with E-state index >= 15 is 0 Å². The van der Waals surface area contributed by atoms with Gasteiger partial charge in [0.25, 0.3) is 0 Å². The number of nitrogen functional groups attached to an aromatic ring is 1. The molecule has 0 aliphatic rings. The quantitative estimate of drug-likeness (QED) is 0.745. The predicted octanol–water partition coefficient (Wildman–Crippen LogP) is 1.14. The molecular weight excluding hydrogens is 180 g/mol. The zero-order valence-corrected chi connectivity index (χ0v) is 7.49. The van der Waals surface area contributed by atoms with Crippen molar-refractivity contribution in [1.82, 2.24) is 5.16 Å². The van der Waals surface area contributed by atoms with Gasteiger partial charge < -0.3 is 10.3 Å². The van der Waals surface area contributed by atoms with Gasteiger partial charge in [0.1, 0.15) is 5.69 Å². The van der Waals surface area contributed by atoms with E-state index in [0.29, 0.717) is 12.2 Å². The number of hydrogen-bond donors (Lipinski definition) is 2. The summed E-state index contributed by atoms with van der Waals surface area (Å²) in [6.45, 7) is 0. The Morgan fingerprint density at radius 3 is 2.57 bits per heavy atom. The van der Waals surface area contributed by atoms with Gasteiger partial charge in [-0.25, -0.2) is 0 Å². The fraction of sp³-hybridized carbons (Fsp3) is 0.100. The summed E-state index contributed by atoms with van der Waals surface area (Å²) in [4.78, 5) is 11.0. The highest BCUT2D eigenvalue weighted by molar-refractivity contribution is 5.40. The largest absolute Gasteiger partial charge is 0.391 e. The van der Waals surface area contributed by atoms with Crippen LogP contribution in [0.25, 0.3) is 0 Å². The normalized spacial score (nSPS) is 10.3. The number of rotatable bonds is 2. The van der Waals surface area contributed by atoms with Crippen LogP contribution in [0, 0.1) is 0 Å². The molecule has 0 bridgehead atoms. The van der Waals surface area contributed by atoms with Crippen LogP contribution in [0.2, 0.25) is 0 Å².